The van der Waals surface area contributed by atoms with Gasteiger partial charge in [0.2, 0.25) is 0 Å². The number of hydrogen-bond donors (Lipinski definition) is 1. The van der Waals surface area contributed by atoms with Gasteiger partial charge in [-0.15, -0.1) is 0 Å². The van der Waals surface area contributed by atoms with E-state index in [0.29, 0.717) is 5.92 Å². The third kappa shape index (κ3) is 2.29. The summed E-state index contributed by atoms with van der Waals surface area (Å²) in [5, 5.41) is 3.07. The maximum Gasteiger partial charge on any atom is 0.146 e. The van der Waals surface area contributed by atoms with Crippen LogP contribution in [0, 0.1) is 5.92 Å². The van der Waals surface area contributed by atoms with Crippen LogP contribution in [0.4, 0.5) is 0 Å². The van der Waals surface area contributed by atoms with Gasteiger partial charge in [-0.1, -0.05) is 0 Å². The molecule has 1 fully saturated rings. The Morgan fingerprint density at radius 2 is 2.08 bits per heavy atom. The highest BCUT2D eigenvalue weighted by Gasteiger charge is 2.25. The predicted octanol–water partition coefficient (Wildman–Crippen LogP) is 0.590. The third-order valence-corrected chi connectivity index (χ3v) is 2.49. The Labute approximate surface area is 73.5 Å². The van der Waals surface area contributed by atoms with Crippen LogP contribution in [0.2, 0.25) is 0 Å². The Morgan fingerprint density at radius 1 is 1.50 bits per heavy atom. The van der Waals surface area contributed by atoms with Crippen LogP contribution in [0.1, 0.15) is 19.8 Å². The molecule has 12 heavy (non-hydrogen) atoms. The van der Waals surface area contributed by atoms with Crippen LogP contribution in [0.3, 0.4) is 0 Å². The minimum Gasteiger partial charge on any atom is -0.381 e. The van der Waals surface area contributed by atoms with Crippen LogP contribution in [-0.2, 0) is 9.53 Å². The second kappa shape index (κ2) is 4.58. The number of likely N-dealkylation sites (N-methyl/N-ethyl adjacent to an activating group) is 1. The van der Waals surface area contributed by atoms with E-state index in [-0.39, 0.29) is 11.8 Å². The second-order valence-corrected chi connectivity index (χ2v) is 3.33. The van der Waals surface area contributed by atoms with E-state index in [1.807, 2.05) is 7.05 Å². The predicted molar refractivity (Wildman–Crippen MR) is 47.1 cm³/mol. The normalized spacial score (nSPS) is 22.2. The molecule has 0 aromatic carbocycles. The molecule has 1 aliphatic rings. The zero-order chi connectivity index (χ0) is 8.97. The smallest absolute Gasteiger partial charge is 0.146 e. The van der Waals surface area contributed by atoms with Crippen molar-refractivity contribution in [3.8, 4) is 0 Å². The minimum absolute atomic E-state index is 0.0360. The quantitative estimate of drug-likeness (QED) is 0.675. The number of ketones is 1. The summed E-state index contributed by atoms with van der Waals surface area (Å²) in [7, 11) is 1.85. The standard InChI is InChI=1S/C9H17NO2/c1-7(11)9(10-2)8-3-5-12-6-4-8/h8-10H,3-6H2,1-2H3. The average Bonchev–Trinajstić information content (AvgIpc) is 2.07. The fourth-order valence-corrected chi connectivity index (χ4v) is 1.82. The van der Waals surface area contributed by atoms with E-state index in [4.69, 9.17) is 4.74 Å². The first-order valence-corrected chi connectivity index (χ1v) is 4.51. The molecule has 3 nitrogen and oxygen atoms in total. The third-order valence-electron chi connectivity index (χ3n) is 2.49. The number of ether oxygens (including phenoxy) is 1. The summed E-state index contributed by atoms with van der Waals surface area (Å²) in [6.45, 7) is 3.25. The molecule has 1 saturated heterocycles. The second-order valence-electron chi connectivity index (χ2n) is 3.33. The molecule has 70 valence electrons. The number of nitrogens with one attached hydrogen (secondary N) is 1. The average molecular weight is 171 g/mol. The van der Waals surface area contributed by atoms with E-state index in [2.05, 4.69) is 5.32 Å². The molecule has 0 spiro atoms. The van der Waals surface area contributed by atoms with Crippen molar-refractivity contribution in [1.29, 1.82) is 0 Å². The van der Waals surface area contributed by atoms with Crippen LogP contribution in [0.15, 0.2) is 0 Å². The molecular formula is C9H17NO2. The molecule has 1 atom stereocenters. The SMILES string of the molecule is CNC(C(C)=O)C1CCOCC1. The van der Waals surface area contributed by atoms with Crippen molar-refractivity contribution in [2.45, 2.75) is 25.8 Å². The van der Waals surface area contributed by atoms with Crippen molar-refractivity contribution in [3.05, 3.63) is 0 Å². The summed E-state index contributed by atoms with van der Waals surface area (Å²) in [5.74, 6) is 0.714. The molecule has 1 rings (SSSR count). The molecule has 0 aromatic rings. The lowest BCUT2D eigenvalue weighted by Crippen LogP contribution is -2.41. The Morgan fingerprint density at radius 3 is 2.50 bits per heavy atom. The van der Waals surface area contributed by atoms with E-state index >= 15 is 0 Å². The molecule has 0 amide bonds. The molecule has 1 unspecified atom stereocenters. The maximum atomic E-state index is 11.2. The van der Waals surface area contributed by atoms with Gasteiger partial charge in [-0.2, -0.15) is 0 Å². The van der Waals surface area contributed by atoms with Gasteiger partial charge in [0.05, 0.1) is 6.04 Å². The zero-order valence-electron chi connectivity index (χ0n) is 7.80. The molecule has 3 heteroatoms. The molecule has 0 aliphatic carbocycles. The van der Waals surface area contributed by atoms with Crippen molar-refractivity contribution in [3.63, 3.8) is 0 Å². The fraction of sp³-hybridized carbons (Fsp3) is 0.889. The molecule has 0 saturated carbocycles. The van der Waals surface area contributed by atoms with Crippen molar-refractivity contribution < 1.29 is 9.53 Å². The monoisotopic (exact) mass is 171 g/mol. The van der Waals surface area contributed by atoms with Gasteiger partial charge in [-0.3, -0.25) is 4.79 Å². The van der Waals surface area contributed by atoms with Gasteiger partial charge >= 0.3 is 0 Å². The molecule has 1 aliphatic heterocycles. The Bertz CT molecular complexity index is 153. The summed E-state index contributed by atoms with van der Waals surface area (Å²) in [6.07, 6.45) is 2.01. The van der Waals surface area contributed by atoms with Gasteiger partial charge in [-0.05, 0) is 32.7 Å². The molecule has 1 heterocycles. The van der Waals surface area contributed by atoms with Gasteiger partial charge in [0.25, 0.3) is 0 Å². The van der Waals surface area contributed by atoms with Crippen LogP contribution in [0.25, 0.3) is 0 Å². The minimum atomic E-state index is 0.0360. The van der Waals surface area contributed by atoms with Crippen molar-refractivity contribution >= 4 is 5.78 Å². The highest BCUT2D eigenvalue weighted by molar-refractivity contribution is 5.81. The summed E-state index contributed by atoms with van der Waals surface area (Å²) in [5.41, 5.74) is 0. The van der Waals surface area contributed by atoms with E-state index in [1.54, 1.807) is 6.92 Å². The largest absolute Gasteiger partial charge is 0.381 e. The van der Waals surface area contributed by atoms with E-state index in [1.165, 1.54) is 0 Å². The van der Waals surface area contributed by atoms with E-state index < -0.39 is 0 Å². The Balaban J connectivity index is 2.46. The molecule has 1 N–H and O–H groups in total. The van der Waals surface area contributed by atoms with Crippen LogP contribution < -0.4 is 5.32 Å². The van der Waals surface area contributed by atoms with Gasteiger partial charge in [0, 0.05) is 13.2 Å². The Kier molecular flexibility index (Phi) is 3.69. The first-order chi connectivity index (χ1) is 5.75. The van der Waals surface area contributed by atoms with Gasteiger partial charge in [0.15, 0.2) is 0 Å². The highest BCUT2D eigenvalue weighted by atomic mass is 16.5. The van der Waals surface area contributed by atoms with E-state index in [9.17, 15) is 4.79 Å². The Hall–Kier alpha value is -0.410. The van der Waals surface area contributed by atoms with Crippen molar-refractivity contribution in [2.75, 3.05) is 20.3 Å². The zero-order valence-corrected chi connectivity index (χ0v) is 7.80. The maximum absolute atomic E-state index is 11.2. The lowest BCUT2D eigenvalue weighted by molar-refractivity contribution is -0.121. The summed E-state index contributed by atoms with van der Waals surface area (Å²) in [6, 6.07) is 0.0360. The number of carbonyl (C=O) groups is 1. The van der Waals surface area contributed by atoms with Crippen molar-refractivity contribution in [2.24, 2.45) is 5.92 Å². The fourth-order valence-electron chi connectivity index (χ4n) is 1.82. The summed E-state index contributed by atoms with van der Waals surface area (Å²) >= 11 is 0. The summed E-state index contributed by atoms with van der Waals surface area (Å²) < 4.78 is 5.24. The van der Waals surface area contributed by atoms with Gasteiger partial charge in [-0.25, -0.2) is 0 Å². The topological polar surface area (TPSA) is 38.3 Å². The van der Waals surface area contributed by atoms with Crippen LogP contribution >= 0.6 is 0 Å². The number of rotatable bonds is 3. The highest BCUT2D eigenvalue weighted by Crippen LogP contribution is 2.18. The summed E-state index contributed by atoms with van der Waals surface area (Å²) in [4.78, 5) is 11.2. The molecule has 0 radical (unpaired) electrons. The van der Waals surface area contributed by atoms with Gasteiger partial charge in [0.1, 0.15) is 5.78 Å². The lowest BCUT2D eigenvalue weighted by Gasteiger charge is -2.28. The number of Topliss-reactive ketones (excluding diaryl/α,β-unsaturated/α-hetero) is 1. The number of carbonyl (C=O) groups excluding carboxylic acids is 1. The van der Waals surface area contributed by atoms with E-state index in [0.717, 1.165) is 26.1 Å². The molecule has 0 bridgehead atoms. The van der Waals surface area contributed by atoms with Gasteiger partial charge < -0.3 is 10.1 Å². The first-order valence-electron chi connectivity index (χ1n) is 4.51. The molecular weight excluding hydrogens is 154 g/mol. The molecule has 0 aromatic heterocycles. The lowest BCUT2D eigenvalue weighted by atomic mass is 9.90. The van der Waals surface area contributed by atoms with Crippen LogP contribution in [-0.4, -0.2) is 32.1 Å². The first kappa shape index (κ1) is 9.68. The van der Waals surface area contributed by atoms with Crippen LogP contribution in [0.5, 0.6) is 0 Å². The number of hydrogen-bond acceptors (Lipinski definition) is 3. The van der Waals surface area contributed by atoms with Crippen molar-refractivity contribution in [1.82, 2.24) is 5.32 Å².